The quantitative estimate of drug-likeness (QED) is 0.489. The maximum absolute atomic E-state index is 11.7. The van der Waals surface area contributed by atoms with Crippen LogP contribution in [0.4, 0.5) is 5.69 Å². The van der Waals surface area contributed by atoms with Crippen LogP contribution in [0, 0.1) is 6.92 Å². The number of aromatic hydroxyl groups is 1. The zero-order valence-electron chi connectivity index (χ0n) is 12.3. The van der Waals surface area contributed by atoms with Crippen LogP contribution in [0.5, 0.6) is 5.75 Å². The number of rotatable bonds is 5. The van der Waals surface area contributed by atoms with Crippen LogP contribution in [0.25, 0.3) is 0 Å². The molecule has 0 aliphatic carbocycles. The summed E-state index contributed by atoms with van der Waals surface area (Å²) >= 11 is 6.47. The maximum atomic E-state index is 11.7. The molecule has 0 aliphatic heterocycles. The fraction of sp³-hybridized carbons (Fsp3) is 0.125. The summed E-state index contributed by atoms with van der Waals surface area (Å²) in [5.74, 6) is -0.131. The van der Waals surface area contributed by atoms with Gasteiger partial charge in [-0.15, -0.1) is 0 Å². The van der Waals surface area contributed by atoms with Gasteiger partial charge in [0.2, 0.25) is 0 Å². The van der Waals surface area contributed by atoms with Gasteiger partial charge in [-0.3, -0.25) is 4.79 Å². The maximum Gasteiger partial charge on any atom is 0.259 e. The zero-order valence-corrected chi connectivity index (χ0v) is 15.5. The van der Waals surface area contributed by atoms with Crippen molar-refractivity contribution in [3.05, 3.63) is 56.5 Å². The normalized spacial score (nSPS) is 10.7. The lowest BCUT2D eigenvalue weighted by molar-refractivity contribution is -0.119. The molecule has 2 aromatic rings. The van der Waals surface area contributed by atoms with Crippen molar-refractivity contribution >= 4 is 49.7 Å². The Kier molecular flexibility index (Phi) is 6.18. The molecule has 7 heteroatoms. The molecule has 0 atom stereocenters. The largest absolute Gasteiger partial charge is 0.506 e. The third-order valence-corrected chi connectivity index (χ3v) is 4.12. The fourth-order valence-electron chi connectivity index (χ4n) is 1.82. The molecule has 0 aliphatic rings. The summed E-state index contributed by atoms with van der Waals surface area (Å²) in [4.78, 5) is 11.7. The number of phenols is 1. The number of nitrogens with one attached hydrogen (secondary N) is 2. The van der Waals surface area contributed by atoms with E-state index in [0.717, 1.165) is 16.8 Å². The van der Waals surface area contributed by atoms with Gasteiger partial charge in [0.05, 0.1) is 21.7 Å². The Balaban J connectivity index is 1.86. The standard InChI is InChI=1S/C16H15Br2N3O2/c1-10-3-2-4-12(5-10)19-9-15(22)21-20-8-11-6-13(17)16(23)14(18)7-11/h2-8,19,23H,9H2,1H3,(H,21,22)/b20-8-. The number of carbonyl (C=O) groups excluding carboxylic acids is 1. The molecule has 0 saturated carbocycles. The average Bonchev–Trinajstić information content (AvgIpc) is 2.50. The van der Waals surface area contributed by atoms with Crippen molar-refractivity contribution in [2.45, 2.75) is 6.92 Å². The van der Waals surface area contributed by atoms with Gasteiger partial charge in [-0.05, 0) is 74.2 Å². The lowest BCUT2D eigenvalue weighted by atomic mass is 10.2. The van der Waals surface area contributed by atoms with E-state index in [1.54, 1.807) is 12.1 Å². The van der Waals surface area contributed by atoms with Crippen LogP contribution in [-0.4, -0.2) is 23.8 Å². The molecule has 0 unspecified atom stereocenters. The van der Waals surface area contributed by atoms with Crippen molar-refractivity contribution in [2.75, 3.05) is 11.9 Å². The summed E-state index contributed by atoms with van der Waals surface area (Å²) in [6, 6.07) is 11.2. The van der Waals surface area contributed by atoms with Gasteiger partial charge in [0, 0.05) is 5.69 Å². The second kappa shape index (κ2) is 8.12. The van der Waals surface area contributed by atoms with Crippen molar-refractivity contribution in [3.8, 4) is 5.75 Å². The molecule has 0 spiro atoms. The lowest BCUT2D eigenvalue weighted by Crippen LogP contribution is -2.25. The fourth-order valence-corrected chi connectivity index (χ4v) is 3.04. The van der Waals surface area contributed by atoms with Crippen molar-refractivity contribution < 1.29 is 9.90 Å². The predicted octanol–water partition coefficient (Wildman–Crippen LogP) is 3.79. The van der Waals surface area contributed by atoms with E-state index in [0.29, 0.717) is 8.95 Å². The molecular formula is C16H15Br2N3O2. The first-order valence-corrected chi connectivity index (χ1v) is 8.35. The highest BCUT2D eigenvalue weighted by Gasteiger charge is 2.05. The van der Waals surface area contributed by atoms with E-state index in [4.69, 9.17) is 0 Å². The summed E-state index contributed by atoms with van der Waals surface area (Å²) < 4.78 is 1.08. The minimum atomic E-state index is -0.250. The number of anilines is 1. The summed E-state index contributed by atoms with van der Waals surface area (Å²) in [7, 11) is 0. The molecule has 0 heterocycles. The SMILES string of the molecule is Cc1cccc(NCC(=O)N/N=C\c2cc(Br)c(O)c(Br)c2)c1. The molecule has 2 rings (SSSR count). The van der Waals surface area contributed by atoms with Gasteiger partial charge in [0.15, 0.2) is 0 Å². The van der Waals surface area contributed by atoms with Crippen LogP contribution in [0.15, 0.2) is 50.4 Å². The Morgan fingerprint density at radius 3 is 2.61 bits per heavy atom. The van der Waals surface area contributed by atoms with Crippen LogP contribution in [0.3, 0.4) is 0 Å². The van der Waals surface area contributed by atoms with Gasteiger partial charge in [0.25, 0.3) is 5.91 Å². The van der Waals surface area contributed by atoms with E-state index in [2.05, 4.69) is 47.7 Å². The number of carbonyl (C=O) groups is 1. The van der Waals surface area contributed by atoms with Crippen molar-refractivity contribution in [1.29, 1.82) is 0 Å². The van der Waals surface area contributed by atoms with Gasteiger partial charge < -0.3 is 10.4 Å². The van der Waals surface area contributed by atoms with Crippen LogP contribution >= 0.6 is 31.9 Å². The summed E-state index contributed by atoms with van der Waals surface area (Å²) in [6.07, 6.45) is 1.50. The number of halogens is 2. The molecule has 5 nitrogen and oxygen atoms in total. The highest BCUT2D eigenvalue weighted by atomic mass is 79.9. The number of amides is 1. The third kappa shape index (κ3) is 5.37. The molecule has 0 aromatic heterocycles. The van der Waals surface area contributed by atoms with Gasteiger partial charge in [0.1, 0.15) is 5.75 Å². The molecule has 23 heavy (non-hydrogen) atoms. The molecule has 3 N–H and O–H groups in total. The van der Waals surface area contributed by atoms with Crippen molar-refractivity contribution in [3.63, 3.8) is 0 Å². The van der Waals surface area contributed by atoms with Crippen LogP contribution < -0.4 is 10.7 Å². The first kappa shape index (κ1) is 17.5. The number of phenolic OH excluding ortho intramolecular Hbond substituents is 1. The number of nitrogens with zero attached hydrogens (tertiary/aromatic N) is 1. The van der Waals surface area contributed by atoms with E-state index in [1.807, 2.05) is 31.2 Å². The third-order valence-electron chi connectivity index (χ3n) is 2.91. The van der Waals surface area contributed by atoms with E-state index >= 15 is 0 Å². The summed E-state index contributed by atoms with van der Waals surface area (Å²) in [5, 5.41) is 16.5. The lowest BCUT2D eigenvalue weighted by Gasteiger charge is -2.06. The number of hydrazone groups is 1. The predicted molar refractivity (Wildman–Crippen MR) is 98.9 cm³/mol. The molecule has 2 aromatic carbocycles. The van der Waals surface area contributed by atoms with Gasteiger partial charge >= 0.3 is 0 Å². The molecule has 0 fully saturated rings. The van der Waals surface area contributed by atoms with Gasteiger partial charge in [-0.2, -0.15) is 5.10 Å². The molecule has 0 radical (unpaired) electrons. The smallest absolute Gasteiger partial charge is 0.259 e. The van der Waals surface area contributed by atoms with Crippen LogP contribution in [-0.2, 0) is 4.79 Å². The second-order valence-electron chi connectivity index (χ2n) is 4.85. The van der Waals surface area contributed by atoms with E-state index in [9.17, 15) is 9.90 Å². The minimum Gasteiger partial charge on any atom is -0.506 e. The van der Waals surface area contributed by atoms with Crippen molar-refractivity contribution in [2.24, 2.45) is 5.10 Å². The van der Waals surface area contributed by atoms with Gasteiger partial charge in [-0.1, -0.05) is 12.1 Å². The van der Waals surface area contributed by atoms with Gasteiger partial charge in [-0.25, -0.2) is 5.43 Å². The van der Waals surface area contributed by atoms with E-state index in [-0.39, 0.29) is 18.2 Å². The highest BCUT2D eigenvalue weighted by molar-refractivity contribution is 9.11. The number of benzene rings is 2. The molecular weight excluding hydrogens is 426 g/mol. The molecule has 0 bridgehead atoms. The van der Waals surface area contributed by atoms with E-state index < -0.39 is 0 Å². The highest BCUT2D eigenvalue weighted by Crippen LogP contribution is 2.32. The number of aryl methyl sites for hydroxylation is 1. The van der Waals surface area contributed by atoms with E-state index in [1.165, 1.54) is 6.21 Å². The number of hydrogen-bond acceptors (Lipinski definition) is 4. The molecule has 120 valence electrons. The first-order valence-electron chi connectivity index (χ1n) is 6.76. The number of hydrogen-bond donors (Lipinski definition) is 3. The monoisotopic (exact) mass is 439 g/mol. The van der Waals surface area contributed by atoms with Crippen molar-refractivity contribution in [1.82, 2.24) is 5.43 Å². The Labute approximate surface area is 151 Å². The summed E-state index contributed by atoms with van der Waals surface area (Å²) in [6.45, 7) is 2.12. The molecule has 0 saturated heterocycles. The Morgan fingerprint density at radius 1 is 1.26 bits per heavy atom. The average molecular weight is 441 g/mol. The molecule has 1 amide bonds. The Bertz CT molecular complexity index is 725. The summed E-state index contributed by atoms with van der Waals surface area (Å²) in [5.41, 5.74) is 5.18. The second-order valence-corrected chi connectivity index (χ2v) is 6.56. The van der Waals surface area contributed by atoms with Crippen LogP contribution in [0.2, 0.25) is 0 Å². The minimum absolute atomic E-state index is 0.119. The first-order chi connectivity index (χ1) is 11.0. The Hall–Kier alpha value is -1.86. The topological polar surface area (TPSA) is 73.7 Å². The zero-order chi connectivity index (χ0) is 16.8. The Morgan fingerprint density at radius 2 is 1.96 bits per heavy atom. The van der Waals surface area contributed by atoms with Crippen LogP contribution in [0.1, 0.15) is 11.1 Å².